The first-order valence-electron chi connectivity index (χ1n) is 7.04. The Bertz CT molecular complexity index is 611. The molecule has 0 saturated heterocycles. The highest BCUT2D eigenvalue weighted by Gasteiger charge is 2.19. The maximum absolute atomic E-state index is 11.7. The Hall–Kier alpha value is -2.14. The Balaban J connectivity index is 1.93. The topological polar surface area (TPSA) is 75.4 Å². The maximum Gasteiger partial charge on any atom is 0.244 e. The molecule has 5 nitrogen and oxygen atoms in total. The lowest BCUT2D eigenvalue weighted by Crippen LogP contribution is -2.39. The monoisotopic (exact) mass is 288 g/mol. The first kappa shape index (κ1) is 15.3. The molecule has 1 aromatic heterocycles. The van der Waals surface area contributed by atoms with Gasteiger partial charge in [-0.3, -0.25) is 4.79 Å². The molecule has 2 N–H and O–H groups in total. The molecule has 0 radical (unpaired) electrons. The minimum absolute atomic E-state index is 0.220. The Labute approximate surface area is 123 Å². The van der Waals surface area contributed by atoms with Gasteiger partial charge in [0, 0.05) is 18.7 Å². The summed E-state index contributed by atoms with van der Waals surface area (Å²) in [5, 5.41) is 12.6. The van der Waals surface area contributed by atoms with Gasteiger partial charge in [-0.15, -0.1) is 0 Å². The molecule has 1 amide bonds. The van der Waals surface area contributed by atoms with Crippen LogP contribution in [0.15, 0.2) is 34.8 Å². The summed E-state index contributed by atoms with van der Waals surface area (Å²) in [7, 11) is 0. The van der Waals surface area contributed by atoms with Crippen molar-refractivity contribution in [3.05, 3.63) is 36.2 Å². The van der Waals surface area contributed by atoms with Crippen LogP contribution in [0.5, 0.6) is 0 Å². The van der Waals surface area contributed by atoms with E-state index in [1.54, 1.807) is 6.92 Å². The SMILES string of the molecule is CCCC(C)(O)CNC(=O)/C=C/c1nc2ccccc2o1. The zero-order valence-corrected chi connectivity index (χ0v) is 12.3. The van der Waals surface area contributed by atoms with E-state index in [0.717, 1.165) is 11.9 Å². The molecular weight excluding hydrogens is 268 g/mol. The third kappa shape index (κ3) is 4.43. The average molecular weight is 288 g/mol. The highest BCUT2D eigenvalue weighted by molar-refractivity contribution is 5.91. The minimum atomic E-state index is -0.879. The van der Waals surface area contributed by atoms with Gasteiger partial charge in [0.2, 0.25) is 11.8 Å². The van der Waals surface area contributed by atoms with Gasteiger partial charge >= 0.3 is 0 Å². The van der Waals surface area contributed by atoms with Gasteiger partial charge in [0.25, 0.3) is 0 Å². The fraction of sp³-hybridized carbons (Fsp3) is 0.375. The predicted octanol–water partition coefficient (Wildman–Crippen LogP) is 2.51. The molecule has 21 heavy (non-hydrogen) atoms. The van der Waals surface area contributed by atoms with E-state index in [-0.39, 0.29) is 12.5 Å². The summed E-state index contributed by atoms with van der Waals surface area (Å²) in [4.78, 5) is 15.9. The number of nitrogens with zero attached hydrogens (tertiary/aromatic N) is 1. The molecular formula is C16H20N2O3. The average Bonchev–Trinajstić information content (AvgIpc) is 2.86. The molecule has 2 aromatic rings. The highest BCUT2D eigenvalue weighted by Crippen LogP contribution is 2.15. The second-order valence-electron chi connectivity index (χ2n) is 5.32. The van der Waals surface area contributed by atoms with Crippen molar-refractivity contribution < 1.29 is 14.3 Å². The fourth-order valence-electron chi connectivity index (χ4n) is 2.07. The van der Waals surface area contributed by atoms with Crippen LogP contribution in [0.2, 0.25) is 0 Å². The number of rotatable bonds is 6. The van der Waals surface area contributed by atoms with Gasteiger partial charge in [0.05, 0.1) is 5.60 Å². The molecule has 0 spiro atoms. The molecule has 2 rings (SSSR count). The summed E-state index contributed by atoms with van der Waals surface area (Å²) < 4.78 is 5.48. The van der Waals surface area contributed by atoms with Gasteiger partial charge in [0.15, 0.2) is 5.58 Å². The second kappa shape index (κ2) is 6.54. The number of para-hydroxylation sites is 2. The second-order valence-corrected chi connectivity index (χ2v) is 5.32. The van der Waals surface area contributed by atoms with Gasteiger partial charge in [0.1, 0.15) is 5.52 Å². The van der Waals surface area contributed by atoms with E-state index in [1.807, 2.05) is 31.2 Å². The number of oxazole rings is 1. The van der Waals surface area contributed by atoms with Crippen LogP contribution in [-0.2, 0) is 4.79 Å². The molecule has 1 atom stereocenters. The smallest absolute Gasteiger partial charge is 0.244 e. The summed E-state index contributed by atoms with van der Waals surface area (Å²) in [5.41, 5.74) is 0.558. The fourth-order valence-corrected chi connectivity index (χ4v) is 2.07. The summed E-state index contributed by atoms with van der Waals surface area (Å²) in [5.74, 6) is 0.0975. The van der Waals surface area contributed by atoms with E-state index in [9.17, 15) is 9.90 Å². The van der Waals surface area contributed by atoms with E-state index in [2.05, 4.69) is 10.3 Å². The van der Waals surface area contributed by atoms with Crippen molar-refractivity contribution in [1.29, 1.82) is 0 Å². The normalized spacial score (nSPS) is 14.4. The van der Waals surface area contributed by atoms with Crippen LogP contribution in [-0.4, -0.2) is 28.1 Å². The lowest BCUT2D eigenvalue weighted by molar-refractivity contribution is -0.117. The highest BCUT2D eigenvalue weighted by atomic mass is 16.3. The first-order chi connectivity index (χ1) is 10.00. The quantitative estimate of drug-likeness (QED) is 0.801. The number of carbonyl (C=O) groups is 1. The van der Waals surface area contributed by atoms with Gasteiger partial charge < -0.3 is 14.8 Å². The molecule has 0 aliphatic heterocycles. The molecule has 0 saturated carbocycles. The number of aliphatic hydroxyl groups is 1. The van der Waals surface area contributed by atoms with Crippen molar-refractivity contribution in [2.24, 2.45) is 0 Å². The number of hydrogen-bond acceptors (Lipinski definition) is 4. The van der Waals surface area contributed by atoms with Gasteiger partial charge in [-0.2, -0.15) is 0 Å². The molecule has 0 bridgehead atoms. The van der Waals surface area contributed by atoms with Crippen LogP contribution < -0.4 is 5.32 Å². The van der Waals surface area contributed by atoms with Crippen molar-refractivity contribution >= 4 is 23.1 Å². The number of fused-ring (bicyclic) bond motifs is 1. The van der Waals surface area contributed by atoms with Gasteiger partial charge in [-0.1, -0.05) is 25.5 Å². The number of carbonyl (C=O) groups excluding carboxylic acids is 1. The van der Waals surface area contributed by atoms with Crippen molar-refractivity contribution in [3.63, 3.8) is 0 Å². The van der Waals surface area contributed by atoms with Crippen LogP contribution in [0.1, 0.15) is 32.6 Å². The Morgan fingerprint density at radius 3 is 2.95 bits per heavy atom. The van der Waals surface area contributed by atoms with E-state index in [0.29, 0.717) is 17.9 Å². The van der Waals surface area contributed by atoms with Crippen molar-refractivity contribution in [2.45, 2.75) is 32.3 Å². The molecule has 0 aliphatic rings. The summed E-state index contributed by atoms with van der Waals surface area (Å²) in [6.07, 6.45) is 4.38. The number of hydrogen-bond donors (Lipinski definition) is 2. The summed E-state index contributed by atoms with van der Waals surface area (Å²) in [6.45, 7) is 3.92. The number of amides is 1. The first-order valence-corrected chi connectivity index (χ1v) is 7.04. The lowest BCUT2D eigenvalue weighted by atomic mass is 10.0. The molecule has 1 aromatic carbocycles. The maximum atomic E-state index is 11.7. The molecule has 1 unspecified atom stereocenters. The number of benzene rings is 1. The molecule has 5 heteroatoms. The van der Waals surface area contributed by atoms with Crippen molar-refractivity contribution in [3.8, 4) is 0 Å². The summed E-state index contributed by atoms with van der Waals surface area (Å²) >= 11 is 0. The molecule has 112 valence electrons. The van der Waals surface area contributed by atoms with Crippen LogP contribution in [0.4, 0.5) is 0 Å². The summed E-state index contributed by atoms with van der Waals surface area (Å²) in [6, 6.07) is 7.41. The van der Waals surface area contributed by atoms with Crippen LogP contribution >= 0.6 is 0 Å². The molecule has 0 fully saturated rings. The van der Waals surface area contributed by atoms with Crippen LogP contribution in [0.3, 0.4) is 0 Å². The van der Waals surface area contributed by atoms with Gasteiger partial charge in [-0.25, -0.2) is 4.98 Å². The Kier molecular flexibility index (Phi) is 4.75. The zero-order valence-electron chi connectivity index (χ0n) is 12.3. The third-order valence-corrected chi connectivity index (χ3v) is 3.12. The Morgan fingerprint density at radius 2 is 2.24 bits per heavy atom. The van der Waals surface area contributed by atoms with Crippen LogP contribution in [0.25, 0.3) is 17.2 Å². The van der Waals surface area contributed by atoms with Gasteiger partial charge in [-0.05, 0) is 25.5 Å². The van der Waals surface area contributed by atoms with Crippen LogP contribution in [0, 0.1) is 0 Å². The third-order valence-electron chi connectivity index (χ3n) is 3.12. The molecule has 1 heterocycles. The van der Waals surface area contributed by atoms with E-state index < -0.39 is 5.60 Å². The predicted molar refractivity (Wildman–Crippen MR) is 81.6 cm³/mol. The number of nitrogens with one attached hydrogen (secondary N) is 1. The Morgan fingerprint density at radius 1 is 1.48 bits per heavy atom. The standard InChI is InChI=1S/C16H20N2O3/c1-3-10-16(2,20)11-17-14(19)8-9-15-18-12-6-4-5-7-13(12)21-15/h4-9,20H,3,10-11H2,1-2H3,(H,17,19)/b9-8+. The van der Waals surface area contributed by atoms with Crippen molar-refractivity contribution in [1.82, 2.24) is 10.3 Å². The number of aromatic nitrogens is 1. The van der Waals surface area contributed by atoms with E-state index in [1.165, 1.54) is 12.2 Å². The van der Waals surface area contributed by atoms with E-state index >= 15 is 0 Å². The largest absolute Gasteiger partial charge is 0.437 e. The minimum Gasteiger partial charge on any atom is -0.437 e. The lowest BCUT2D eigenvalue weighted by Gasteiger charge is -2.22. The molecule has 0 aliphatic carbocycles. The van der Waals surface area contributed by atoms with Crippen molar-refractivity contribution in [2.75, 3.05) is 6.54 Å². The van der Waals surface area contributed by atoms with E-state index in [4.69, 9.17) is 4.42 Å². The zero-order chi connectivity index (χ0) is 15.3.